The Morgan fingerprint density at radius 3 is 2.94 bits per heavy atom. The number of carbonyl (C=O) groups excluding carboxylic acids is 1. The maximum absolute atomic E-state index is 15.1. The summed E-state index contributed by atoms with van der Waals surface area (Å²) in [5.74, 6) is 0.569. The average molecular weight is 468 g/mol. The number of H-pyrrole nitrogens is 1. The molecule has 1 saturated carbocycles. The number of hydrogen-bond donors (Lipinski definition) is 3. The van der Waals surface area contributed by atoms with E-state index in [0.717, 1.165) is 5.56 Å². The van der Waals surface area contributed by atoms with E-state index in [0.29, 0.717) is 41.6 Å². The number of anilines is 2. The van der Waals surface area contributed by atoms with Crippen LogP contribution in [0.1, 0.15) is 38.3 Å². The topological polar surface area (TPSA) is 127 Å². The molecule has 4 aromatic rings. The third kappa shape index (κ3) is 4.30. The fourth-order valence-electron chi connectivity index (χ4n) is 4.20. The van der Waals surface area contributed by atoms with E-state index in [1.807, 2.05) is 33.2 Å². The lowest BCUT2D eigenvalue weighted by molar-refractivity contribution is 0.0555. The first-order valence-corrected chi connectivity index (χ1v) is 11.1. The second-order valence-electron chi connectivity index (χ2n) is 8.73. The lowest BCUT2D eigenvalue weighted by Crippen LogP contribution is -2.36. The molecule has 0 bridgehead atoms. The van der Waals surface area contributed by atoms with Crippen molar-refractivity contribution in [2.75, 3.05) is 5.32 Å². The molecule has 1 fully saturated rings. The van der Waals surface area contributed by atoms with Crippen LogP contribution in [0.15, 0.2) is 36.9 Å². The summed E-state index contributed by atoms with van der Waals surface area (Å²) in [6, 6.07) is 3.56. The average Bonchev–Trinajstić information content (AvgIpc) is 3.56. The molecule has 0 unspecified atom stereocenters. The summed E-state index contributed by atoms with van der Waals surface area (Å²) < 4.78 is 23.9. The Morgan fingerprint density at radius 1 is 1.32 bits per heavy atom. The standard InChI is InChI=1S/C22H26FN9O2/c1-12(2)26-22(33)34-17-5-4-14(20(17)23)16-8-18(30-29-16)28-21-27-15(13-10-25-31(3)11-13)9-19-24-6-7-32(19)21/h6-12,14,17,20H,4-5H2,1-3H3,(H,26,33)(H2,27,28,29,30)/t14-,17-,20+/m0/s1. The zero-order valence-corrected chi connectivity index (χ0v) is 19.1. The number of aryl methyl sites for hydroxylation is 1. The van der Waals surface area contributed by atoms with Crippen LogP contribution in [0.25, 0.3) is 16.9 Å². The first kappa shape index (κ1) is 21.9. The van der Waals surface area contributed by atoms with Crippen LogP contribution in [0.2, 0.25) is 0 Å². The fourth-order valence-corrected chi connectivity index (χ4v) is 4.20. The van der Waals surface area contributed by atoms with Gasteiger partial charge in [0.1, 0.15) is 17.9 Å². The van der Waals surface area contributed by atoms with E-state index < -0.39 is 24.3 Å². The Labute approximate surface area is 194 Å². The molecule has 3 atom stereocenters. The summed E-state index contributed by atoms with van der Waals surface area (Å²) >= 11 is 0. The third-order valence-corrected chi connectivity index (χ3v) is 5.79. The van der Waals surface area contributed by atoms with Crippen LogP contribution in [0.4, 0.5) is 21.0 Å². The highest BCUT2D eigenvalue weighted by atomic mass is 19.1. The van der Waals surface area contributed by atoms with Gasteiger partial charge in [-0.1, -0.05) is 0 Å². The minimum Gasteiger partial charge on any atom is -0.443 e. The van der Waals surface area contributed by atoms with Crippen molar-refractivity contribution in [3.05, 3.63) is 42.6 Å². The maximum atomic E-state index is 15.1. The Hall–Kier alpha value is -3.96. The molecule has 34 heavy (non-hydrogen) atoms. The van der Waals surface area contributed by atoms with E-state index in [1.165, 1.54) is 0 Å². The highest BCUT2D eigenvalue weighted by Crippen LogP contribution is 2.38. The van der Waals surface area contributed by atoms with E-state index in [1.54, 1.807) is 33.7 Å². The number of hydrogen-bond acceptors (Lipinski definition) is 7. The van der Waals surface area contributed by atoms with Gasteiger partial charge < -0.3 is 15.4 Å². The van der Waals surface area contributed by atoms with Gasteiger partial charge in [-0.25, -0.2) is 19.2 Å². The molecule has 5 rings (SSSR count). The second kappa shape index (κ2) is 8.76. The number of alkyl carbamates (subject to hydrolysis) is 1. The van der Waals surface area contributed by atoms with Crippen LogP contribution in [-0.4, -0.2) is 58.8 Å². The van der Waals surface area contributed by atoms with Gasteiger partial charge in [-0.05, 0) is 26.7 Å². The number of ether oxygens (including phenoxy) is 1. The van der Waals surface area contributed by atoms with E-state index >= 15 is 4.39 Å². The number of fused-ring (bicyclic) bond motifs is 1. The van der Waals surface area contributed by atoms with Crippen LogP contribution in [0.5, 0.6) is 0 Å². The monoisotopic (exact) mass is 467 g/mol. The molecule has 1 aliphatic carbocycles. The zero-order valence-electron chi connectivity index (χ0n) is 19.1. The number of halogens is 1. The second-order valence-corrected chi connectivity index (χ2v) is 8.73. The number of aromatic amines is 1. The lowest BCUT2D eigenvalue weighted by Gasteiger charge is -2.18. The summed E-state index contributed by atoms with van der Waals surface area (Å²) in [5, 5.41) is 17.3. The molecule has 1 amide bonds. The van der Waals surface area contributed by atoms with Crippen molar-refractivity contribution in [1.29, 1.82) is 0 Å². The van der Waals surface area contributed by atoms with Gasteiger partial charge in [0.05, 0.1) is 11.9 Å². The molecule has 3 N–H and O–H groups in total. The normalized spacial score (nSPS) is 20.2. The maximum Gasteiger partial charge on any atom is 0.407 e. The molecule has 0 radical (unpaired) electrons. The van der Waals surface area contributed by atoms with Crippen molar-refractivity contribution in [1.82, 2.24) is 39.7 Å². The number of nitrogens with zero attached hydrogens (tertiary/aromatic N) is 6. The van der Waals surface area contributed by atoms with Gasteiger partial charge >= 0.3 is 6.09 Å². The number of alkyl halides is 1. The minimum absolute atomic E-state index is 0.0729. The molecule has 1 aliphatic rings. The van der Waals surface area contributed by atoms with Gasteiger partial charge in [0, 0.05) is 61.0 Å². The molecule has 0 aromatic carbocycles. The predicted octanol–water partition coefficient (Wildman–Crippen LogP) is 3.32. The van der Waals surface area contributed by atoms with Crippen molar-refractivity contribution in [3.63, 3.8) is 0 Å². The molecule has 0 saturated heterocycles. The number of aromatic nitrogens is 7. The van der Waals surface area contributed by atoms with Crippen molar-refractivity contribution in [2.45, 2.75) is 50.9 Å². The van der Waals surface area contributed by atoms with Gasteiger partial charge in [-0.2, -0.15) is 10.2 Å². The van der Waals surface area contributed by atoms with Crippen LogP contribution in [0, 0.1) is 0 Å². The SMILES string of the molecule is CC(C)NC(=O)O[C@H]1CC[C@@H](c2cc(Nc3nc(-c4cnn(C)c4)cc4nccn34)n[nH]2)[C@H]1F. The number of carbonyl (C=O) groups is 1. The Bertz CT molecular complexity index is 1310. The molecule has 12 heteroatoms. The van der Waals surface area contributed by atoms with Gasteiger partial charge in [0.15, 0.2) is 5.82 Å². The molecule has 11 nitrogen and oxygen atoms in total. The molecule has 0 spiro atoms. The van der Waals surface area contributed by atoms with Gasteiger partial charge in [-0.3, -0.25) is 14.2 Å². The molecule has 4 heterocycles. The Kier molecular flexibility index (Phi) is 5.64. The third-order valence-electron chi connectivity index (χ3n) is 5.79. The van der Waals surface area contributed by atoms with Crippen LogP contribution < -0.4 is 10.6 Å². The summed E-state index contributed by atoms with van der Waals surface area (Å²) in [6.45, 7) is 3.65. The molecular formula is C22H26FN9O2. The van der Waals surface area contributed by atoms with Crippen molar-refractivity contribution < 1.29 is 13.9 Å². The van der Waals surface area contributed by atoms with Gasteiger partial charge in [0.2, 0.25) is 5.95 Å². The van der Waals surface area contributed by atoms with Crippen LogP contribution in [-0.2, 0) is 11.8 Å². The first-order valence-electron chi connectivity index (χ1n) is 11.1. The largest absolute Gasteiger partial charge is 0.443 e. The highest BCUT2D eigenvalue weighted by molar-refractivity contribution is 5.68. The van der Waals surface area contributed by atoms with Gasteiger partial charge in [0.25, 0.3) is 0 Å². The van der Waals surface area contributed by atoms with Crippen LogP contribution in [0.3, 0.4) is 0 Å². The van der Waals surface area contributed by atoms with E-state index in [9.17, 15) is 4.79 Å². The smallest absolute Gasteiger partial charge is 0.407 e. The van der Waals surface area contributed by atoms with Crippen molar-refractivity contribution in [2.24, 2.45) is 7.05 Å². The quantitative estimate of drug-likeness (QED) is 0.397. The Balaban J connectivity index is 1.33. The van der Waals surface area contributed by atoms with Crippen molar-refractivity contribution >= 4 is 23.5 Å². The van der Waals surface area contributed by atoms with Crippen molar-refractivity contribution in [3.8, 4) is 11.3 Å². The number of nitrogens with one attached hydrogen (secondary N) is 3. The Morgan fingerprint density at radius 2 is 2.18 bits per heavy atom. The fraction of sp³-hybridized carbons (Fsp3) is 0.409. The summed E-state index contributed by atoms with van der Waals surface area (Å²) in [4.78, 5) is 21.0. The lowest BCUT2D eigenvalue weighted by atomic mass is 10.0. The predicted molar refractivity (Wildman–Crippen MR) is 122 cm³/mol. The molecule has 4 aromatic heterocycles. The summed E-state index contributed by atoms with van der Waals surface area (Å²) in [6.07, 6.45) is 5.38. The van der Waals surface area contributed by atoms with Crippen LogP contribution >= 0.6 is 0 Å². The van der Waals surface area contributed by atoms with Gasteiger partial charge in [-0.15, -0.1) is 0 Å². The number of rotatable bonds is 6. The highest BCUT2D eigenvalue weighted by Gasteiger charge is 2.40. The number of amides is 1. The summed E-state index contributed by atoms with van der Waals surface area (Å²) in [7, 11) is 1.84. The zero-order chi connectivity index (χ0) is 23.8. The molecular weight excluding hydrogens is 441 g/mol. The van der Waals surface area contributed by atoms with E-state index in [4.69, 9.17) is 9.72 Å². The van der Waals surface area contributed by atoms with E-state index in [-0.39, 0.29) is 6.04 Å². The van der Waals surface area contributed by atoms with E-state index in [2.05, 4.69) is 30.9 Å². The molecule has 178 valence electrons. The molecule has 0 aliphatic heterocycles. The summed E-state index contributed by atoms with van der Waals surface area (Å²) in [5.41, 5.74) is 2.92. The first-order chi connectivity index (χ1) is 16.4. The minimum atomic E-state index is -1.32. The number of imidazole rings is 1.